The van der Waals surface area contributed by atoms with Crippen LogP contribution in [-0.2, 0) is 16.0 Å². The van der Waals surface area contributed by atoms with Crippen LogP contribution in [0, 0.1) is 6.92 Å². The minimum Gasteiger partial charge on any atom is -0.457 e. The fraction of sp³-hybridized carbons (Fsp3) is 0.615. The van der Waals surface area contributed by atoms with Crippen molar-refractivity contribution in [2.24, 2.45) is 0 Å². The van der Waals surface area contributed by atoms with E-state index >= 15 is 0 Å². The quantitative estimate of drug-likeness (QED) is 0.556. The fourth-order valence-electron chi connectivity index (χ4n) is 1.44. The molecule has 0 fully saturated rings. The molecule has 106 valence electrons. The van der Waals surface area contributed by atoms with Crippen LogP contribution in [0.15, 0.2) is 12.7 Å². The Morgan fingerprint density at radius 2 is 2.21 bits per heavy atom. The van der Waals surface area contributed by atoms with Crippen LogP contribution in [0.2, 0.25) is 0 Å². The Hall–Kier alpha value is -1.69. The molecule has 0 aliphatic rings. The molecule has 0 aliphatic carbocycles. The van der Waals surface area contributed by atoms with Crippen molar-refractivity contribution in [1.29, 1.82) is 0 Å². The van der Waals surface area contributed by atoms with E-state index in [1.807, 2.05) is 13.8 Å². The lowest BCUT2D eigenvalue weighted by atomic mass is 10.1. The van der Waals surface area contributed by atoms with Gasteiger partial charge in [-0.2, -0.15) is 0 Å². The van der Waals surface area contributed by atoms with Gasteiger partial charge in [0, 0.05) is 13.7 Å². The van der Waals surface area contributed by atoms with Gasteiger partial charge in [0.2, 0.25) is 0 Å². The number of hydrogen-bond acceptors (Lipinski definition) is 5. The first-order valence-corrected chi connectivity index (χ1v) is 6.14. The molecule has 0 unspecified atom stereocenters. The first-order chi connectivity index (χ1) is 8.91. The zero-order valence-corrected chi connectivity index (χ0v) is 12.0. The lowest BCUT2D eigenvalue weighted by Crippen LogP contribution is -2.25. The van der Waals surface area contributed by atoms with Gasteiger partial charge in [-0.15, -0.1) is 5.10 Å². The Bertz CT molecular complexity index is 452. The van der Waals surface area contributed by atoms with E-state index in [1.54, 1.807) is 18.7 Å². The zero-order chi connectivity index (χ0) is 14.5. The molecule has 0 radical (unpaired) electrons. The summed E-state index contributed by atoms with van der Waals surface area (Å²) in [5, 5.41) is 7.83. The number of esters is 1. The zero-order valence-electron chi connectivity index (χ0n) is 12.0. The van der Waals surface area contributed by atoms with Gasteiger partial charge in [0.05, 0.1) is 11.3 Å². The maximum Gasteiger partial charge on any atom is 0.361 e. The Kier molecular flexibility index (Phi) is 5.23. The van der Waals surface area contributed by atoms with Crippen molar-refractivity contribution in [2.75, 3.05) is 13.7 Å². The second-order valence-electron chi connectivity index (χ2n) is 4.85. The van der Waals surface area contributed by atoms with Crippen LogP contribution in [0.3, 0.4) is 0 Å². The normalized spacial score (nSPS) is 11.4. The molecule has 19 heavy (non-hydrogen) atoms. The summed E-state index contributed by atoms with van der Waals surface area (Å²) in [5.74, 6) is -0.477. The van der Waals surface area contributed by atoms with Gasteiger partial charge >= 0.3 is 5.97 Å². The standard InChI is InChI=1S/C13H21N3O3/c1-6-9-19-12(17)11-10(2)16(15-14-11)8-7-13(3,4)18-5/h6H,1,7-9H2,2-5H3. The maximum atomic E-state index is 11.7. The third-order valence-corrected chi connectivity index (χ3v) is 2.99. The summed E-state index contributed by atoms with van der Waals surface area (Å²) in [6.07, 6.45) is 2.29. The molecule has 0 saturated heterocycles. The van der Waals surface area contributed by atoms with E-state index in [9.17, 15) is 4.79 Å². The molecule has 0 N–H and O–H groups in total. The molecule has 0 spiro atoms. The molecule has 0 aliphatic heterocycles. The molecule has 1 heterocycles. The van der Waals surface area contributed by atoms with Gasteiger partial charge in [-0.05, 0) is 27.2 Å². The number of aromatic nitrogens is 3. The summed E-state index contributed by atoms with van der Waals surface area (Å²) in [6.45, 7) is 10.1. The largest absolute Gasteiger partial charge is 0.457 e. The number of nitrogens with zero attached hydrogens (tertiary/aromatic N) is 3. The van der Waals surface area contributed by atoms with Gasteiger partial charge in [0.25, 0.3) is 0 Å². The molecule has 1 aromatic rings. The van der Waals surface area contributed by atoms with Gasteiger partial charge in [0.1, 0.15) is 6.61 Å². The summed E-state index contributed by atoms with van der Waals surface area (Å²) >= 11 is 0. The molecular formula is C13H21N3O3. The lowest BCUT2D eigenvalue weighted by Gasteiger charge is -2.22. The van der Waals surface area contributed by atoms with Gasteiger partial charge in [-0.3, -0.25) is 0 Å². The maximum absolute atomic E-state index is 11.7. The number of rotatable bonds is 7. The van der Waals surface area contributed by atoms with Crippen LogP contribution in [0.1, 0.15) is 36.5 Å². The third-order valence-electron chi connectivity index (χ3n) is 2.99. The van der Waals surface area contributed by atoms with E-state index in [1.165, 1.54) is 6.08 Å². The first-order valence-electron chi connectivity index (χ1n) is 6.14. The van der Waals surface area contributed by atoms with Crippen molar-refractivity contribution in [3.8, 4) is 0 Å². The topological polar surface area (TPSA) is 66.2 Å². The molecule has 0 saturated carbocycles. The van der Waals surface area contributed by atoms with Crippen LogP contribution < -0.4 is 0 Å². The average molecular weight is 267 g/mol. The van der Waals surface area contributed by atoms with Crippen molar-refractivity contribution in [2.45, 2.75) is 39.3 Å². The molecule has 0 amide bonds. The predicted octanol–water partition coefficient (Wildman–Crippen LogP) is 1.74. The Labute approximate surface area is 113 Å². The summed E-state index contributed by atoms with van der Waals surface area (Å²) in [6, 6.07) is 0. The van der Waals surface area contributed by atoms with E-state index in [4.69, 9.17) is 9.47 Å². The highest BCUT2D eigenvalue weighted by atomic mass is 16.5. The van der Waals surface area contributed by atoms with Crippen LogP contribution in [0.4, 0.5) is 0 Å². The second kappa shape index (κ2) is 6.47. The number of ether oxygens (including phenoxy) is 2. The Balaban J connectivity index is 2.70. The molecule has 6 nitrogen and oxygen atoms in total. The van der Waals surface area contributed by atoms with Gasteiger partial charge < -0.3 is 9.47 Å². The fourth-order valence-corrected chi connectivity index (χ4v) is 1.44. The van der Waals surface area contributed by atoms with E-state index in [-0.39, 0.29) is 17.9 Å². The highest BCUT2D eigenvalue weighted by Gasteiger charge is 2.20. The van der Waals surface area contributed by atoms with Crippen LogP contribution in [-0.4, -0.2) is 40.3 Å². The highest BCUT2D eigenvalue weighted by Crippen LogP contribution is 2.15. The number of carbonyl (C=O) groups is 1. The van der Waals surface area contributed by atoms with Crippen LogP contribution in [0.5, 0.6) is 0 Å². The molecule has 0 bridgehead atoms. The van der Waals surface area contributed by atoms with Crippen molar-refractivity contribution in [3.05, 3.63) is 24.0 Å². The van der Waals surface area contributed by atoms with Crippen LogP contribution in [0.25, 0.3) is 0 Å². The SMILES string of the molecule is C=CCOC(=O)c1nnn(CCC(C)(C)OC)c1C. The minimum absolute atomic E-state index is 0.168. The molecule has 1 aromatic heterocycles. The smallest absolute Gasteiger partial charge is 0.361 e. The highest BCUT2D eigenvalue weighted by molar-refractivity contribution is 5.88. The van der Waals surface area contributed by atoms with E-state index in [2.05, 4.69) is 16.9 Å². The summed E-state index contributed by atoms with van der Waals surface area (Å²) in [5.41, 5.74) is 0.708. The number of hydrogen-bond donors (Lipinski definition) is 0. The summed E-state index contributed by atoms with van der Waals surface area (Å²) in [7, 11) is 1.67. The Morgan fingerprint density at radius 3 is 2.79 bits per heavy atom. The monoisotopic (exact) mass is 267 g/mol. The van der Waals surface area contributed by atoms with E-state index in [0.717, 1.165) is 6.42 Å². The minimum atomic E-state index is -0.477. The summed E-state index contributed by atoms with van der Waals surface area (Å²) in [4.78, 5) is 11.7. The molecule has 1 rings (SSSR count). The molecule has 0 aromatic carbocycles. The second-order valence-corrected chi connectivity index (χ2v) is 4.85. The first kappa shape index (κ1) is 15.4. The number of aryl methyl sites for hydroxylation is 1. The van der Waals surface area contributed by atoms with E-state index in [0.29, 0.717) is 12.2 Å². The van der Waals surface area contributed by atoms with Crippen molar-refractivity contribution in [1.82, 2.24) is 15.0 Å². The number of carbonyl (C=O) groups excluding carboxylic acids is 1. The van der Waals surface area contributed by atoms with Crippen LogP contribution >= 0.6 is 0 Å². The van der Waals surface area contributed by atoms with Gasteiger partial charge in [-0.1, -0.05) is 17.9 Å². The predicted molar refractivity (Wildman–Crippen MR) is 70.9 cm³/mol. The average Bonchev–Trinajstić information content (AvgIpc) is 2.75. The summed E-state index contributed by atoms with van der Waals surface area (Å²) < 4.78 is 12.0. The third kappa shape index (κ3) is 4.17. The molecular weight excluding hydrogens is 246 g/mol. The van der Waals surface area contributed by atoms with Crippen molar-refractivity contribution in [3.63, 3.8) is 0 Å². The number of methoxy groups -OCH3 is 1. The molecule has 6 heteroatoms. The molecule has 0 atom stereocenters. The van der Waals surface area contributed by atoms with Gasteiger partial charge in [0.15, 0.2) is 5.69 Å². The van der Waals surface area contributed by atoms with Crippen molar-refractivity contribution >= 4 is 5.97 Å². The lowest BCUT2D eigenvalue weighted by molar-refractivity contribution is 0.0111. The van der Waals surface area contributed by atoms with Crippen molar-refractivity contribution < 1.29 is 14.3 Å². The Morgan fingerprint density at radius 1 is 1.53 bits per heavy atom. The van der Waals surface area contributed by atoms with Gasteiger partial charge in [-0.25, -0.2) is 9.48 Å². The van der Waals surface area contributed by atoms with E-state index < -0.39 is 5.97 Å².